The lowest BCUT2D eigenvalue weighted by molar-refractivity contribution is -0.139. The fourth-order valence-electron chi connectivity index (χ4n) is 4.58. The van der Waals surface area contributed by atoms with Gasteiger partial charge in [-0.1, -0.05) is 121 Å². The number of benzene rings is 4. The number of ketones is 1. The van der Waals surface area contributed by atoms with E-state index in [4.69, 9.17) is 0 Å². The lowest BCUT2D eigenvalue weighted by Crippen LogP contribution is -2.48. The van der Waals surface area contributed by atoms with Crippen LogP contribution in [0.4, 0.5) is 0 Å². The molecule has 4 aromatic rings. The monoisotopic (exact) mass is 506 g/mol. The van der Waals surface area contributed by atoms with Crippen molar-refractivity contribution in [3.8, 4) is 0 Å². The van der Waals surface area contributed by atoms with Crippen LogP contribution in [-0.2, 0) is 15.1 Å². The minimum Gasteiger partial charge on any atom is -0.480 e. The summed E-state index contributed by atoms with van der Waals surface area (Å²) in [4.78, 5) is 37.8. The maximum atomic E-state index is 13.5. The molecule has 192 valence electrons. The summed E-state index contributed by atoms with van der Waals surface area (Å²) in [6, 6.07) is 36.8. The van der Waals surface area contributed by atoms with Crippen molar-refractivity contribution in [2.75, 3.05) is 6.54 Å². The average molecular weight is 507 g/mol. The van der Waals surface area contributed by atoms with E-state index in [0.717, 1.165) is 16.7 Å². The third-order valence-corrected chi connectivity index (χ3v) is 6.51. The van der Waals surface area contributed by atoms with E-state index < -0.39 is 17.6 Å². The topological polar surface area (TPSA) is 95.5 Å². The molecule has 4 rings (SSSR count). The Morgan fingerprint density at radius 2 is 1.08 bits per heavy atom. The van der Waals surface area contributed by atoms with Gasteiger partial charge in [-0.3, -0.25) is 19.7 Å². The third-order valence-electron chi connectivity index (χ3n) is 6.51. The van der Waals surface area contributed by atoms with Crippen LogP contribution in [0.25, 0.3) is 0 Å². The molecule has 0 fully saturated rings. The van der Waals surface area contributed by atoms with E-state index in [0.29, 0.717) is 5.56 Å². The molecule has 6 heteroatoms. The number of carboxylic acid groups (broad SMARTS) is 1. The first-order chi connectivity index (χ1) is 18.5. The van der Waals surface area contributed by atoms with Gasteiger partial charge >= 0.3 is 5.97 Å². The Kier molecular flexibility index (Phi) is 8.80. The highest BCUT2D eigenvalue weighted by Crippen LogP contribution is 2.36. The molecular formula is C32H30N2O4. The predicted octanol–water partition coefficient (Wildman–Crippen LogP) is 4.80. The molecule has 1 atom stereocenters. The van der Waals surface area contributed by atoms with Crippen LogP contribution in [0.1, 0.15) is 39.9 Å². The second-order valence-electron chi connectivity index (χ2n) is 9.00. The van der Waals surface area contributed by atoms with Gasteiger partial charge in [-0.15, -0.1) is 0 Å². The van der Waals surface area contributed by atoms with E-state index in [2.05, 4.69) is 10.6 Å². The first kappa shape index (κ1) is 26.5. The highest BCUT2D eigenvalue weighted by atomic mass is 16.4. The number of Topliss-reactive ketones (excluding diaryl/α,β-unsaturated/α-hetero) is 1. The Morgan fingerprint density at radius 3 is 1.50 bits per heavy atom. The number of amides is 1. The molecule has 0 aliphatic rings. The van der Waals surface area contributed by atoms with E-state index in [1.807, 2.05) is 97.1 Å². The Balaban J connectivity index is 1.55. The first-order valence-corrected chi connectivity index (χ1v) is 12.5. The molecule has 1 amide bonds. The summed E-state index contributed by atoms with van der Waals surface area (Å²) < 4.78 is 0. The van der Waals surface area contributed by atoms with Crippen LogP contribution >= 0.6 is 0 Å². The maximum absolute atomic E-state index is 13.5. The molecule has 6 nitrogen and oxygen atoms in total. The van der Waals surface area contributed by atoms with Crippen LogP contribution in [0.3, 0.4) is 0 Å². The standard InChI is InChI=1S/C32H30N2O4/c35-29(24-13-5-1-6-14-24)23-33-28(31(37)38)21-22-30(36)34-32(25-15-7-2-8-16-25,26-17-9-3-10-18-26)27-19-11-4-12-20-27/h1-20,28,33H,21-23H2,(H,34,36)(H,37,38)/t28-/m0/s1. The molecule has 0 heterocycles. The molecule has 0 bridgehead atoms. The van der Waals surface area contributed by atoms with Crippen molar-refractivity contribution in [1.29, 1.82) is 0 Å². The average Bonchev–Trinajstić information content (AvgIpc) is 2.97. The van der Waals surface area contributed by atoms with Gasteiger partial charge in [0, 0.05) is 12.0 Å². The van der Waals surface area contributed by atoms with Crippen molar-refractivity contribution >= 4 is 17.7 Å². The summed E-state index contributed by atoms with van der Waals surface area (Å²) in [6.07, 6.45) is -0.0184. The normalized spacial score (nSPS) is 11.9. The Morgan fingerprint density at radius 1 is 0.658 bits per heavy atom. The van der Waals surface area contributed by atoms with Crippen LogP contribution < -0.4 is 10.6 Å². The first-order valence-electron chi connectivity index (χ1n) is 12.5. The van der Waals surface area contributed by atoms with Crippen molar-refractivity contribution in [3.05, 3.63) is 144 Å². The maximum Gasteiger partial charge on any atom is 0.320 e. The molecule has 3 N–H and O–H groups in total. The zero-order chi connectivity index (χ0) is 26.8. The van der Waals surface area contributed by atoms with Gasteiger partial charge in [-0.2, -0.15) is 0 Å². The minimum atomic E-state index is -1.11. The summed E-state index contributed by atoms with van der Waals surface area (Å²) in [7, 11) is 0. The number of rotatable bonds is 12. The van der Waals surface area contributed by atoms with E-state index in [1.165, 1.54) is 0 Å². The summed E-state index contributed by atoms with van der Waals surface area (Å²) in [5.74, 6) is -1.62. The van der Waals surface area contributed by atoms with Gasteiger partial charge in [0.25, 0.3) is 0 Å². The number of carbonyl (C=O) groups excluding carboxylic acids is 2. The molecule has 4 aromatic carbocycles. The van der Waals surface area contributed by atoms with Gasteiger partial charge in [0.1, 0.15) is 11.6 Å². The molecule has 38 heavy (non-hydrogen) atoms. The van der Waals surface area contributed by atoms with Crippen LogP contribution in [0.2, 0.25) is 0 Å². The number of aliphatic carboxylic acids is 1. The van der Waals surface area contributed by atoms with Gasteiger partial charge < -0.3 is 10.4 Å². The fraction of sp³-hybridized carbons (Fsp3) is 0.156. The van der Waals surface area contributed by atoms with Gasteiger partial charge in [-0.25, -0.2) is 0 Å². The number of nitrogens with one attached hydrogen (secondary N) is 2. The summed E-state index contributed by atoms with van der Waals surface area (Å²) in [6.45, 7) is -0.134. The second kappa shape index (κ2) is 12.6. The van der Waals surface area contributed by atoms with Crippen molar-refractivity contribution < 1.29 is 19.5 Å². The lowest BCUT2D eigenvalue weighted by Gasteiger charge is -2.37. The smallest absolute Gasteiger partial charge is 0.320 e. The van der Waals surface area contributed by atoms with E-state index in [-0.39, 0.29) is 31.1 Å². The third kappa shape index (κ3) is 6.22. The highest BCUT2D eigenvalue weighted by molar-refractivity contribution is 5.97. The van der Waals surface area contributed by atoms with E-state index in [9.17, 15) is 19.5 Å². The van der Waals surface area contributed by atoms with Crippen LogP contribution in [-0.4, -0.2) is 35.4 Å². The second-order valence-corrected chi connectivity index (χ2v) is 9.00. The summed E-state index contributed by atoms with van der Waals surface area (Å²) in [5.41, 5.74) is 2.17. The highest BCUT2D eigenvalue weighted by Gasteiger charge is 2.37. The zero-order valence-corrected chi connectivity index (χ0v) is 20.9. The van der Waals surface area contributed by atoms with Crippen molar-refractivity contribution in [1.82, 2.24) is 10.6 Å². The van der Waals surface area contributed by atoms with E-state index in [1.54, 1.807) is 24.3 Å². The van der Waals surface area contributed by atoms with Gasteiger partial charge in [-0.05, 0) is 23.1 Å². The fourth-order valence-corrected chi connectivity index (χ4v) is 4.58. The molecule has 0 radical (unpaired) electrons. The van der Waals surface area contributed by atoms with Crippen LogP contribution in [0, 0.1) is 0 Å². The number of hydrogen-bond donors (Lipinski definition) is 3. The molecule has 0 spiro atoms. The van der Waals surface area contributed by atoms with Crippen molar-refractivity contribution in [3.63, 3.8) is 0 Å². The predicted molar refractivity (Wildman–Crippen MR) is 147 cm³/mol. The van der Waals surface area contributed by atoms with Gasteiger partial charge in [0.15, 0.2) is 5.78 Å². The molecular weight excluding hydrogens is 476 g/mol. The van der Waals surface area contributed by atoms with Gasteiger partial charge in [0.05, 0.1) is 6.54 Å². The number of hydrogen-bond acceptors (Lipinski definition) is 4. The zero-order valence-electron chi connectivity index (χ0n) is 20.9. The van der Waals surface area contributed by atoms with Gasteiger partial charge in [0.2, 0.25) is 5.91 Å². The Labute approximate surface area is 222 Å². The number of carboxylic acids is 1. The number of carbonyl (C=O) groups is 3. The molecule has 0 saturated carbocycles. The van der Waals surface area contributed by atoms with Crippen LogP contribution in [0.15, 0.2) is 121 Å². The molecule has 0 unspecified atom stereocenters. The lowest BCUT2D eigenvalue weighted by atomic mass is 9.77. The molecule has 0 aliphatic heterocycles. The molecule has 0 aliphatic carbocycles. The SMILES string of the molecule is O=C(CC[C@H](NCC(=O)c1ccccc1)C(=O)O)NC(c1ccccc1)(c1ccccc1)c1ccccc1. The Bertz CT molecular complexity index is 1250. The largest absolute Gasteiger partial charge is 0.480 e. The van der Waals surface area contributed by atoms with E-state index >= 15 is 0 Å². The summed E-state index contributed by atoms with van der Waals surface area (Å²) in [5, 5.41) is 15.8. The molecule has 0 saturated heterocycles. The quantitative estimate of drug-likeness (QED) is 0.190. The summed E-state index contributed by atoms with van der Waals surface area (Å²) >= 11 is 0. The minimum absolute atomic E-state index is 0.0255. The molecule has 0 aromatic heterocycles. The Hall–Kier alpha value is -4.55. The van der Waals surface area contributed by atoms with Crippen LogP contribution in [0.5, 0.6) is 0 Å². The van der Waals surface area contributed by atoms with Crippen molar-refractivity contribution in [2.45, 2.75) is 24.4 Å². The van der Waals surface area contributed by atoms with Crippen molar-refractivity contribution in [2.24, 2.45) is 0 Å².